The van der Waals surface area contributed by atoms with E-state index in [0.717, 1.165) is 0 Å². The predicted molar refractivity (Wildman–Crippen MR) is 77.7 cm³/mol. The fourth-order valence-corrected chi connectivity index (χ4v) is 2.46. The van der Waals surface area contributed by atoms with Crippen LogP contribution in [-0.4, -0.2) is 30.6 Å². The van der Waals surface area contributed by atoms with Crippen molar-refractivity contribution in [3.05, 3.63) is 41.3 Å². The lowest BCUT2D eigenvalue weighted by atomic mass is 9.88. The molecule has 0 atom stereocenters. The van der Waals surface area contributed by atoms with Crippen LogP contribution in [0.2, 0.25) is 0 Å². The average molecular weight is 288 g/mol. The third kappa shape index (κ3) is 2.74. The van der Waals surface area contributed by atoms with E-state index in [1.807, 2.05) is 0 Å². The van der Waals surface area contributed by atoms with Crippen molar-refractivity contribution in [2.45, 2.75) is 13.8 Å². The molecule has 1 N–H and O–H groups in total. The van der Waals surface area contributed by atoms with Gasteiger partial charge in [-0.2, -0.15) is 0 Å². The molecule has 1 amide bonds. The topological polar surface area (TPSA) is 51.2 Å². The number of aryl methyl sites for hydroxylation is 1. The van der Waals surface area contributed by atoms with Crippen molar-refractivity contribution in [3.63, 3.8) is 0 Å². The summed E-state index contributed by atoms with van der Waals surface area (Å²) in [4.78, 5) is 16.7. The summed E-state index contributed by atoms with van der Waals surface area (Å²) in [6.45, 7) is 5.75. The minimum Gasteiger partial charge on any atom is -0.380 e. The van der Waals surface area contributed by atoms with Gasteiger partial charge >= 0.3 is 0 Å². The molecule has 0 spiro atoms. The zero-order valence-electron chi connectivity index (χ0n) is 12.1. The van der Waals surface area contributed by atoms with Gasteiger partial charge in [0.15, 0.2) is 0 Å². The lowest BCUT2D eigenvalue weighted by molar-refractivity contribution is -0.0978. The summed E-state index contributed by atoms with van der Waals surface area (Å²) in [6, 6.07) is 6.02. The van der Waals surface area contributed by atoms with E-state index in [1.165, 1.54) is 12.1 Å². The SMILES string of the molecule is Cc1cc(C(=O)NCC2(C)COC2)c2ccc(F)cc2n1. The highest BCUT2D eigenvalue weighted by Crippen LogP contribution is 2.25. The maximum absolute atomic E-state index is 13.3. The van der Waals surface area contributed by atoms with Crippen LogP contribution >= 0.6 is 0 Å². The van der Waals surface area contributed by atoms with Crippen molar-refractivity contribution in [2.75, 3.05) is 19.8 Å². The fourth-order valence-electron chi connectivity index (χ4n) is 2.46. The molecule has 0 aliphatic carbocycles. The largest absolute Gasteiger partial charge is 0.380 e. The van der Waals surface area contributed by atoms with E-state index < -0.39 is 0 Å². The van der Waals surface area contributed by atoms with Gasteiger partial charge < -0.3 is 10.1 Å². The number of hydrogen-bond donors (Lipinski definition) is 1. The van der Waals surface area contributed by atoms with E-state index in [-0.39, 0.29) is 17.1 Å². The number of carbonyl (C=O) groups is 1. The Morgan fingerprint density at radius 3 is 2.86 bits per heavy atom. The van der Waals surface area contributed by atoms with Gasteiger partial charge in [0.05, 0.1) is 24.3 Å². The zero-order valence-corrected chi connectivity index (χ0v) is 12.1. The summed E-state index contributed by atoms with van der Waals surface area (Å²) < 4.78 is 18.5. The molecule has 1 aromatic heterocycles. The second kappa shape index (κ2) is 5.07. The zero-order chi connectivity index (χ0) is 15.0. The molecule has 1 aliphatic rings. The first-order chi connectivity index (χ1) is 9.97. The number of nitrogens with one attached hydrogen (secondary N) is 1. The molecule has 4 nitrogen and oxygen atoms in total. The molecule has 1 fully saturated rings. The number of nitrogens with zero attached hydrogens (tertiary/aromatic N) is 1. The van der Waals surface area contributed by atoms with Crippen LogP contribution < -0.4 is 5.32 Å². The van der Waals surface area contributed by atoms with Gasteiger partial charge in [-0.15, -0.1) is 0 Å². The Morgan fingerprint density at radius 2 is 2.19 bits per heavy atom. The molecule has 0 bridgehead atoms. The van der Waals surface area contributed by atoms with Gasteiger partial charge in [-0.1, -0.05) is 6.92 Å². The number of fused-ring (bicyclic) bond motifs is 1. The molecule has 21 heavy (non-hydrogen) atoms. The highest BCUT2D eigenvalue weighted by molar-refractivity contribution is 6.06. The molecule has 1 aromatic carbocycles. The Hall–Kier alpha value is -2.01. The molecular weight excluding hydrogens is 271 g/mol. The number of ether oxygens (including phenoxy) is 1. The van der Waals surface area contributed by atoms with Gasteiger partial charge in [0, 0.05) is 29.1 Å². The molecule has 1 aliphatic heterocycles. The number of halogens is 1. The molecule has 1 saturated heterocycles. The quantitative estimate of drug-likeness (QED) is 0.944. The van der Waals surface area contributed by atoms with Crippen LogP contribution in [0.4, 0.5) is 4.39 Å². The lowest BCUT2D eigenvalue weighted by Gasteiger charge is -2.38. The van der Waals surface area contributed by atoms with Crippen LogP contribution in [0.5, 0.6) is 0 Å². The van der Waals surface area contributed by atoms with Gasteiger partial charge in [0.25, 0.3) is 5.91 Å². The van der Waals surface area contributed by atoms with Crippen LogP contribution in [0.3, 0.4) is 0 Å². The minimum atomic E-state index is -0.355. The van der Waals surface area contributed by atoms with E-state index >= 15 is 0 Å². The van der Waals surface area contributed by atoms with Crippen molar-refractivity contribution < 1.29 is 13.9 Å². The summed E-state index contributed by atoms with van der Waals surface area (Å²) in [5.74, 6) is -0.517. The summed E-state index contributed by atoms with van der Waals surface area (Å²) >= 11 is 0. The normalized spacial score (nSPS) is 16.5. The molecular formula is C16H17FN2O2. The van der Waals surface area contributed by atoms with Crippen molar-refractivity contribution in [2.24, 2.45) is 5.41 Å². The molecule has 0 unspecified atom stereocenters. The number of benzene rings is 1. The second-order valence-electron chi connectivity index (χ2n) is 5.96. The standard InChI is InChI=1S/C16H17FN2O2/c1-10-5-13(12-4-3-11(17)6-14(12)19-10)15(20)18-7-16(2)8-21-9-16/h3-6H,7-9H2,1-2H3,(H,18,20). The highest BCUT2D eigenvalue weighted by atomic mass is 19.1. The van der Waals surface area contributed by atoms with Crippen molar-refractivity contribution in [1.82, 2.24) is 10.3 Å². The van der Waals surface area contributed by atoms with E-state index in [4.69, 9.17) is 4.74 Å². The van der Waals surface area contributed by atoms with Crippen molar-refractivity contribution in [1.29, 1.82) is 0 Å². The van der Waals surface area contributed by atoms with Gasteiger partial charge in [-0.3, -0.25) is 9.78 Å². The van der Waals surface area contributed by atoms with Gasteiger partial charge in [-0.05, 0) is 25.1 Å². The molecule has 0 saturated carbocycles. The summed E-state index contributed by atoms with van der Waals surface area (Å²) in [7, 11) is 0. The van der Waals surface area contributed by atoms with Crippen LogP contribution in [-0.2, 0) is 4.74 Å². The number of carbonyl (C=O) groups excluding carboxylic acids is 1. The Kier molecular flexibility index (Phi) is 3.37. The Balaban J connectivity index is 1.89. The monoisotopic (exact) mass is 288 g/mol. The second-order valence-corrected chi connectivity index (χ2v) is 5.96. The lowest BCUT2D eigenvalue weighted by Crippen LogP contribution is -2.48. The first-order valence-electron chi connectivity index (χ1n) is 6.90. The highest BCUT2D eigenvalue weighted by Gasteiger charge is 2.33. The van der Waals surface area contributed by atoms with E-state index in [1.54, 1.807) is 19.1 Å². The third-order valence-electron chi connectivity index (χ3n) is 3.72. The van der Waals surface area contributed by atoms with E-state index in [2.05, 4.69) is 17.2 Å². The number of aromatic nitrogens is 1. The molecule has 2 aromatic rings. The molecule has 110 valence electrons. The maximum atomic E-state index is 13.3. The summed E-state index contributed by atoms with van der Waals surface area (Å²) in [5.41, 5.74) is 1.73. The fraction of sp³-hybridized carbons (Fsp3) is 0.375. The first kappa shape index (κ1) is 13.9. The molecule has 3 rings (SSSR count). The summed E-state index contributed by atoms with van der Waals surface area (Å²) in [6.07, 6.45) is 0. The smallest absolute Gasteiger partial charge is 0.252 e. The van der Waals surface area contributed by atoms with Crippen LogP contribution in [0.15, 0.2) is 24.3 Å². The number of pyridine rings is 1. The minimum absolute atomic E-state index is 0.0135. The molecule has 2 heterocycles. The molecule has 0 radical (unpaired) electrons. The van der Waals surface area contributed by atoms with Gasteiger partial charge in [0.2, 0.25) is 0 Å². The average Bonchev–Trinajstić information content (AvgIpc) is 2.41. The number of amides is 1. The van der Waals surface area contributed by atoms with Gasteiger partial charge in [0.1, 0.15) is 5.82 Å². The van der Waals surface area contributed by atoms with E-state index in [9.17, 15) is 9.18 Å². The third-order valence-corrected chi connectivity index (χ3v) is 3.72. The van der Waals surface area contributed by atoms with Gasteiger partial charge in [-0.25, -0.2) is 4.39 Å². The number of rotatable bonds is 3. The Morgan fingerprint density at radius 1 is 1.43 bits per heavy atom. The molecule has 5 heteroatoms. The number of hydrogen-bond acceptors (Lipinski definition) is 3. The Labute approximate surface area is 122 Å². The van der Waals surface area contributed by atoms with Crippen LogP contribution in [0.25, 0.3) is 10.9 Å². The van der Waals surface area contributed by atoms with Crippen molar-refractivity contribution >= 4 is 16.8 Å². The maximum Gasteiger partial charge on any atom is 0.252 e. The Bertz CT molecular complexity index is 705. The summed E-state index contributed by atoms with van der Waals surface area (Å²) in [5, 5.41) is 3.60. The predicted octanol–water partition coefficient (Wildman–Crippen LogP) is 2.45. The van der Waals surface area contributed by atoms with Crippen molar-refractivity contribution in [3.8, 4) is 0 Å². The first-order valence-corrected chi connectivity index (χ1v) is 6.90. The van der Waals surface area contributed by atoms with Crippen LogP contribution in [0, 0.1) is 18.2 Å². The van der Waals surface area contributed by atoms with Crippen LogP contribution in [0.1, 0.15) is 23.0 Å². The van der Waals surface area contributed by atoms with E-state index in [0.29, 0.717) is 41.9 Å².